The highest BCUT2D eigenvalue weighted by atomic mass is 19.1. The summed E-state index contributed by atoms with van der Waals surface area (Å²) in [7, 11) is 3.49. The van der Waals surface area contributed by atoms with Gasteiger partial charge < -0.3 is 10.1 Å². The minimum atomic E-state index is -0.175. The molecule has 2 aromatic carbocycles. The third kappa shape index (κ3) is 2.83. The first-order valence-electron chi connectivity index (χ1n) is 6.65. The molecular weight excluding hydrogens is 253 g/mol. The molecule has 2 rings (SSSR count). The molecule has 2 aromatic rings. The van der Waals surface area contributed by atoms with E-state index in [0.29, 0.717) is 12.1 Å². The maximum Gasteiger partial charge on any atom is 0.127 e. The molecule has 0 unspecified atom stereocenters. The third-order valence-electron chi connectivity index (χ3n) is 3.47. The fraction of sp³-hybridized carbons (Fsp3) is 0.294. The van der Waals surface area contributed by atoms with Crippen molar-refractivity contribution < 1.29 is 9.13 Å². The van der Waals surface area contributed by atoms with E-state index < -0.39 is 0 Å². The van der Waals surface area contributed by atoms with Gasteiger partial charge in [0.05, 0.1) is 7.11 Å². The van der Waals surface area contributed by atoms with E-state index >= 15 is 0 Å². The van der Waals surface area contributed by atoms with Gasteiger partial charge in [0.1, 0.15) is 11.6 Å². The summed E-state index contributed by atoms with van der Waals surface area (Å²) < 4.78 is 19.0. The monoisotopic (exact) mass is 273 g/mol. The molecule has 0 heterocycles. The molecule has 0 atom stereocenters. The van der Waals surface area contributed by atoms with Crippen LogP contribution in [0.4, 0.5) is 4.39 Å². The maximum atomic E-state index is 13.7. The van der Waals surface area contributed by atoms with Crippen LogP contribution in [0, 0.1) is 19.7 Å². The van der Waals surface area contributed by atoms with Gasteiger partial charge in [0, 0.05) is 12.1 Å². The fourth-order valence-corrected chi connectivity index (χ4v) is 2.39. The largest absolute Gasteiger partial charge is 0.496 e. The first-order chi connectivity index (χ1) is 9.56. The predicted octanol–water partition coefficient (Wildman–Crippen LogP) is 3.84. The summed E-state index contributed by atoms with van der Waals surface area (Å²) in [5.41, 5.74) is 5.01. The summed E-state index contributed by atoms with van der Waals surface area (Å²) in [6.07, 6.45) is 0. The molecule has 1 N–H and O–H groups in total. The van der Waals surface area contributed by atoms with Gasteiger partial charge in [-0.3, -0.25) is 0 Å². The third-order valence-corrected chi connectivity index (χ3v) is 3.47. The smallest absolute Gasteiger partial charge is 0.127 e. The normalized spacial score (nSPS) is 10.7. The first kappa shape index (κ1) is 14.5. The van der Waals surface area contributed by atoms with Gasteiger partial charge >= 0.3 is 0 Å². The van der Waals surface area contributed by atoms with E-state index in [4.69, 9.17) is 4.74 Å². The van der Waals surface area contributed by atoms with Crippen LogP contribution in [0.1, 0.15) is 16.7 Å². The summed E-state index contributed by atoms with van der Waals surface area (Å²) in [4.78, 5) is 0. The molecular formula is C17H20FNO. The van der Waals surface area contributed by atoms with Crippen LogP contribution in [0.3, 0.4) is 0 Å². The second-order valence-corrected chi connectivity index (χ2v) is 4.97. The van der Waals surface area contributed by atoms with Crippen LogP contribution >= 0.6 is 0 Å². The minimum Gasteiger partial charge on any atom is -0.496 e. The topological polar surface area (TPSA) is 21.3 Å². The van der Waals surface area contributed by atoms with Crippen LogP contribution in [0.25, 0.3) is 11.1 Å². The Morgan fingerprint density at radius 3 is 2.50 bits per heavy atom. The van der Waals surface area contributed by atoms with Crippen LogP contribution in [-0.4, -0.2) is 14.2 Å². The summed E-state index contributed by atoms with van der Waals surface area (Å²) >= 11 is 0. The maximum absolute atomic E-state index is 13.7. The lowest BCUT2D eigenvalue weighted by atomic mass is 9.96. The minimum absolute atomic E-state index is 0.175. The van der Waals surface area contributed by atoms with Crippen LogP contribution in [0.5, 0.6) is 5.75 Å². The summed E-state index contributed by atoms with van der Waals surface area (Å²) in [6.45, 7) is 4.58. The van der Waals surface area contributed by atoms with E-state index in [1.54, 1.807) is 7.11 Å². The Labute approximate surface area is 119 Å². The second kappa shape index (κ2) is 6.06. The highest BCUT2D eigenvalue weighted by Crippen LogP contribution is 2.31. The first-order valence-corrected chi connectivity index (χ1v) is 6.65. The molecule has 0 fully saturated rings. The molecule has 3 heteroatoms. The van der Waals surface area contributed by atoms with Crippen LogP contribution < -0.4 is 10.1 Å². The highest BCUT2D eigenvalue weighted by molar-refractivity contribution is 5.70. The standard InChI is InChI=1S/C17H20FNO/c1-11-8-17(20-4)12(2)7-15(11)13-5-6-16(18)14(9-13)10-19-3/h5-9,19H,10H2,1-4H3. The quantitative estimate of drug-likeness (QED) is 0.914. The highest BCUT2D eigenvalue weighted by Gasteiger charge is 2.09. The molecule has 0 aliphatic rings. The van der Waals surface area contributed by atoms with Crippen molar-refractivity contribution in [3.05, 3.63) is 52.8 Å². The number of methoxy groups -OCH3 is 1. The van der Waals surface area contributed by atoms with E-state index in [9.17, 15) is 4.39 Å². The average molecular weight is 273 g/mol. The van der Waals surface area contributed by atoms with Crippen molar-refractivity contribution in [3.8, 4) is 16.9 Å². The number of hydrogen-bond acceptors (Lipinski definition) is 2. The average Bonchev–Trinajstić information content (AvgIpc) is 2.43. The number of halogens is 1. The predicted molar refractivity (Wildman–Crippen MR) is 80.6 cm³/mol. The van der Waals surface area contributed by atoms with Crippen LogP contribution in [-0.2, 0) is 6.54 Å². The lowest BCUT2D eigenvalue weighted by Crippen LogP contribution is -2.07. The number of aryl methyl sites for hydroxylation is 2. The van der Waals surface area contributed by atoms with Gasteiger partial charge in [-0.05, 0) is 67.4 Å². The van der Waals surface area contributed by atoms with Crippen molar-refractivity contribution in [2.75, 3.05) is 14.2 Å². The Morgan fingerprint density at radius 1 is 1.10 bits per heavy atom. The molecule has 0 saturated carbocycles. The number of hydrogen-bond donors (Lipinski definition) is 1. The van der Waals surface area contributed by atoms with E-state index in [1.165, 1.54) is 6.07 Å². The molecule has 0 aromatic heterocycles. The van der Waals surface area contributed by atoms with Gasteiger partial charge in [-0.2, -0.15) is 0 Å². The van der Waals surface area contributed by atoms with Gasteiger partial charge in [-0.15, -0.1) is 0 Å². The van der Waals surface area contributed by atoms with Crippen molar-refractivity contribution in [2.45, 2.75) is 20.4 Å². The molecule has 2 nitrogen and oxygen atoms in total. The van der Waals surface area contributed by atoms with Gasteiger partial charge in [0.2, 0.25) is 0 Å². The Morgan fingerprint density at radius 2 is 1.85 bits per heavy atom. The fourth-order valence-electron chi connectivity index (χ4n) is 2.39. The Balaban J connectivity index is 2.51. The summed E-state index contributed by atoms with van der Waals surface area (Å²) in [5, 5.41) is 2.99. The summed E-state index contributed by atoms with van der Waals surface area (Å²) in [5.74, 6) is 0.704. The van der Waals surface area contributed by atoms with Gasteiger partial charge in [0.25, 0.3) is 0 Å². The van der Waals surface area contributed by atoms with Crippen molar-refractivity contribution in [1.82, 2.24) is 5.32 Å². The SMILES string of the molecule is CNCc1cc(-c2cc(C)c(OC)cc2C)ccc1F. The molecule has 0 amide bonds. The lowest BCUT2D eigenvalue weighted by Gasteiger charge is -2.13. The van der Waals surface area contributed by atoms with Gasteiger partial charge in [0.15, 0.2) is 0 Å². The second-order valence-electron chi connectivity index (χ2n) is 4.97. The number of ether oxygens (including phenoxy) is 1. The van der Waals surface area contributed by atoms with Crippen molar-refractivity contribution in [1.29, 1.82) is 0 Å². The van der Waals surface area contributed by atoms with E-state index in [2.05, 4.69) is 11.4 Å². The van der Waals surface area contributed by atoms with Crippen LogP contribution in [0.15, 0.2) is 30.3 Å². The molecule has 0 spiro atoms. The zero-order chi connectivity index (χ0) is 14.7. The van der Waals surface area contributed by atoms with E-state index in [-0.39, 0.29) is 5.82 Å². The van der Waals surface area contributed by atoms with E-state index in [0.717, 1.165) is 28.0 Å². The molecule has 106 valence electrons. The van der Waals surface area contributed by atoms with Crippen molar-refractivity contribution in [3.63, 3.8) is 0 Å². The number of rotatable bonds is 4. The molecule has 0 aliphatic heterocycles. The molecule has 0 radical (unpaired) electrons. The summed E-state index contributed by atoms with van der Waals surface area (Å²) in [6, 6.07) is 9.36. The molecule has 0 saturated heterocycles. The number of benzene rings is 2. The molecule has 0 aliphatic carbocycles. The zero-order valence-electron chi connectivity index (χ0n) is 12.4. The molecule has 20 heavy (non-hydrogen) atoms. The van der Waals surface area contributed by atoms with Crippen molar-refractivity contribution >= 4 is 0 Å². The Bertz CT molecular complexity index is 623. The Kier molecular flexibility index (Phi) is 4.40. The zero-order valence-corrected chi connectivity index (χ0v) is 12.4. The number of nitrogens with one attached hydrogen (secondary N) is 1. The van der Waals surface area contributed by atoms with Crippen molar-refractivity contribution in [2.24, 2.45) is 0 Å². The van der Waals surface area contributed by atoms with Gasteiger partial charge in [-0.25, -0.2) is 4.39 Å². The lowest BCUT2D eigenvalue weighted by molar-refractivity contribution is 0.411. The Hall–Kier alpha value is -1.87. The molecule has 0 bridgehead atoms. The van der Waals surface area contributed by atoms with E-state index in [1.807, 2.05) is 39.1 Å². The van der Waals surface area contributed by atoms with Crippen LogP contribution in [0.2, 0.25) is 0 Å². The van der Waals surface area contributed by atoms with Gasteiger partial charge in [-0.1, -0.05) is 6.07 Å².